The molecule has 0 bridgehead atoms. The fourth-order valence-corrected chi connectivity index (χ4v) is 11.9. The van der Waals surface area contributed by atoms with E-state index in [1.54, 1.807) is 6.07 Å². The lowest BCUT2D eigenvalue weighted by atomic mass is 9.84. The summed E-state index contributed by atoms with van der Waals surface area (Å²) in [4.78, 5) is 40.3. The number of benzene rings is 5. The van der Waals surface area contributed by atoms with Crippen LogP contribution in [0.3, 0.4) is 0 Å². The van der Waals surface area contributed by atoms with Gasteiger partial charge in [0.15, 0.2) is 0 Å². The molecule has 3 N–H and O–H groups in total. The molecule has 0 radical (unpaired) electrons. The van der Waals surface area contributed by atoms with Crippen LogP contribution >= 0.6 is 0 Å². The third-order valence-electron chi connectivity index (χ3n) is 9.71. The van der Waals surface area contributed by atoms with Crippen LogP contribution in [0.15, 0.2) is 146 Å². The van der Waals surface area contributed by atoms with Gasteiger partial charge in [-0.15, -0.1) is 0 Å². The molecule has 57 heavy (non-hydrogen) atoms. The molecule has 0 aliphatic heterocycles. The Labute approximate surface area is 338 Å². The summed E-state index contributed by atoms with van der Waals surface area (Å²) in [6, 6.07) is 45.8. The number of methoxy groups -OCH3 is 1. The molecule has 5 aromatic rings. The first kappa shape index (κ1) is 42.4. The smallest absolute Gasteiger partial charge is 0.407 e. The molecular weight excluding hydrogens is 731 g/mol. The number of carbonyl (C=O) groups excluding carboxylic acids is 3. The van der Waals surface area contributed by atoms with Crippen molar-refractivity contribution >= 4 is 42.5 Å². The van der Waals surface area contributed by atoms with Gasteiger partial charge in [0.05, 0.1) is 19.8 Å². The Bertz CT molecular complexity index is 1970. The maximum Gasteiger partial charge on any atom is 0.407 e. The van der Waals surface area contributed by atoms with Gasteiger partial charge < -0.3 is 29.9 Å². The number of hydrogen-bond donors (Lipinski definition) is 3. The number of carbonyl (C=O) groups is 3. The van der Waals surface area contributed by atoms with Crippen molar-refractivity contribution < 1.29 is 28.3 Å². The topological polar surface area (TPSA) is 115 Å². The molecule has 0 unspecified atom stereocenters. The van der Waals surface area contributed by atoms with E-state index in [1.807, 2.05) is 136 Å². The molecule has 0 aromatic heterocycles. The van der Waals surface area contributed by atoms with Crippen LogP contribution in [-0.2, 0) is 25.1 Å². The minimum atomic E-state index is -2.95. The van der Waals surface area contributed by atoms with Crippen molar-refractivity contribution in [1.82, 2.24) is 10.6 Å². The second kappa shape index (κ2) is 19.0. The number of rotatable bonds is 14. The van der Waals surface area contributed by atoms with Gasteiger partial charge >= 0.3 is 12.2 Å². The Morgan fingerprint density at radius 2 is 1.14 bits per heavy atom. The summed E-state index contributed by atoms with van der Waals surface area (Å²) in [5.74, 6) is -0.940. The van der Waals surface area contributed by atoms with Crippen LogP contribution in [0.2, 0.25) is 5.04 Å². The highest BCUT2D eigenvalue weighted by Crippen LogP contribution is 2.37. The fraction of sp³-hybridized carbons (Fsp3) is 0.298. The van der Waals surface area contributed by atoms with Crippen molar-refractivity contribution in [3.05, 3.63) is 162 Å². The molecule has 0 spiro atoms. The lowest BCUT2D eigenvalue weighted by Crippen LogP contribution is -2.67. The lowest BCUT2D eigenvalue weighted by molar-refractivity contribution is -0.118. The number of nitrogens with one attached hydrogen (secondary N) is 3. The second-order valence-electron chi connectivity index (χ2n) is 16.1. The maximum absolute atomic E-state index is 14.3. The zero-order valence-corrected chi connectivity index (χ0v) is 35.0. The monoisotopic (exact) mass is 785 g/mol. The van der Waals surface area contributed by atoms with Crippen molar-refractivity contribution in [1.29, 1.82) is 0 Å². The van der Waals surface area contributed by atoms with E-state index in [-0.39, 0.29) is 11.6 Å². The highest BCUT2D eigenvalue weighted by molar-refractivity contribution is 6.99. The standard InChI is InChI=1S/C47H55N3O6Si/c1-46(2,3)56-45(53)49-38(33-55-57(47(4,5)6,39-27-16-10-17-28-39)40-29-18-11-19-30-40)32-34-21-20-26-37(31-34)48-43(51)42(50-44(52)54-7)41(35-22-12-8-13-23-35)36-24-14-9-15-25-36/h8-31,38,41-42H,32-33H2,1-7H3,(H,48,51)(H,49,53)(H,50,52)/t38-,42-/m0/s1. The fourth-order valence-electron chi connectivity index (χ4n) is 7.28. The van der Waals surface area contributed by atoms with Crippen LogP contribution < -0.4 is 26.3 Å². The molecular formula is C47H55N3O6Si. The average molecular weight is 786 g/mol. The summed E-state index contributed by atoms with van der Waals surface area (Å²) in [5.41, 5.74) is 2.37. The lowest BCUT2D eigenvalue weighted by Gasteiger charge is -2.43. The van der Waals surface area contributed by atoms with Crippen LogP contribution in [0, 0.1) is 0 Å². The van der Waals surface area contributed by atoms with E-state index in [0.29, 0.717) is 12.1 Å². The predicted octanol–water partition coefficient (Wildman–Crippen LogP) is 8.19. The van der Waals surface area contributed by atoms with Crippen LogP contribution in [0.25, 0.3) is 0 Å². The molecule has 0 heterocycles. The van der Waals surface area contributed by atoms with E-state index in [1.165, 1.54) is 7.11 Å². The molecule has 5 aromatic carbocycles. The van der Waals surface area contributed by atoms with Crippen molar-refractivity contribution in [2.24, 2.45) is 0 Å². The summed E-state index contributed by atoms with van der Waals surface area (Å²) in [7, 11) is -1.68. The van der Waals surface area contributed by atoms with Gasteiger partial charge in [-0.3, -0.25) is 4.79 Å². The third-order valence-corrected chi connectivity index (χ3v) is 14.7. The molecule has 0 saturated heterocycles. The van der Waals surface area contributed by atoms with E-state index in [4.69, 9.17) is 13.9 Å². The van der Waals surface area contributed by atoms with Gasteiger partial charge in [-0.1, -0.05) is 154 Å². The first-order valence-electron chi connectivity index (χ1n) is 19.3. The van der Waals surface area contributed by atoms with Crippen LogP contribution in [0.5, 0.6) is 0 Å². The van der Waals surface area contributed by atoms with Crippen LogP contribution in [0.1, 0.15) is 64.2 Å². The molecule has 10 heteroatoms. The van der Waals surface area contributed by atoms with Gasteiger partial charge in [0.1, 0.15) is 11.6 Å². The number of amides is 3. The number of ether oxygens (including phenoxy) is 2. The molecule has 0 aliphatic rings. The van der Waals surface area contributed by atoms with Gasteiger partial charge in [-0.2, -0.15) is 0 Å². The van der Waals surface area contributed by atoms with Gasteiger partial charge in [-0.25, -0.2) is 9.59 Å². The Balaban J connectivity index is 1.46. The van der Waals surface area contributed by atoms with Crippen molar-refractivity contribution in [2.75, 3.05) is 19.0 Å². The van der Waals surface area contributed by atoms with E-state index in [0.717, 1.165) is 27.1 Å². The summed E-state index contributed by atoms with van der Waals surface area (Å²) in [6.45, 7) is 12.3. The maximum atomic E-state index is 14.3. The molecule has 2 atom stereocenters. The Hall–Kier alpha value is -5.71. The molecule has 9 nitrogen and oxygen atoms in total. The van der Waals surface area contributed by atoms with Crippen molar-refractivity contribution in [2.45, 2.75) is 76.6 Å². The molecule has 0 saturated carbocycles. The van der Waals surface area contributed by atoms with Gasteiger partial charge in [0.2, 0.25) is 5.91 Å². The van der Waals surface area contributed by atoms with E-state index in [2.05, 4.69) is 61.0 Å². The Morgan fingerprint density at radius 1 is 0.632 bits per heavy atom. The molecule has 298 valence electrons. The van der Waals surface area contributed by atoms with Crippen LogP contribution in [0.4, 0.5) is 15.3 Å². The van der Waals surface area contributed by atoms with Gasteiger partial charge in [0, 0.05) is 11.6 Å². The largest absolute Gasteiger partial charge is 0.453 e. The first-order valence-corrected chi connectivity index (χ1v) is 21.2. The van der Waals surface area contributed by atoms with E-state index >= 15 is 0 Å². The van der Waals surface area contributed by atoms with Gasteiger partial charge in [-0.05, 0) is 71.4 Å². The average Bonchev–Trinajstić information content (AvgIpc) is 3.18. The quantitative estimate of drug-likeness (QED) is 0.0979. The minimum absolute atomic E-state index is 0.198. The normalized spacial score (nSPS) is 12.9. The summed E-state index contributed by atoms with van der Waals surface area (Å²) in [6.07, 6.45) is -0.896. The summed E-state index contributed by atoms with van der Waals surface area (Å²) >= 11 is 0. The third kappa shape index (κ3) is 11.2. The molecule has 0 aliphatic carbocycles. The van der Waals surface area contributed by atoms with Crippen LogP contribution in [-0.4, -0.2) is 57.8 Å². The zero-order chi connectivity index (χ0) is 41.1. The number of anilines is 1. The molecule has 3 amide bonds. The Kier molecular flexibility index (Phi) is 14.1. The number of alkyl carbamates (subject to hydrolysis) is 2. The minimum Gasteiger partial charge on any atom is -0.453 e. The second-order valence-corrected chi connectivity index (χ2v) is 20.4. The van der Waals surface area contributed by atoms with Crippen molar-refractivity contribution in [3.63, 3.8) is 0 Å². The predicted molar refractivity (Wildman–Crippen MR) is 230 cm³/mol. The molecule has 5 rings (SSSR count). The van der Waals surface area contributed by atoms with E-state index in [9.17, 15) is 14.4 Å². The highest BCUT2D eigenvalue weighted by Gasteiger charge is 2.50. The zero-order valence-electron chi connectivity index (χ0n) is 34.0. The molecule has 0 fully saturated rings. The first-order chi connectivity index (χ1) is 27.2. The van der Waals surface area contributed by atoms with Crippen molar-refractivity contribution in [3.8, 4) is 0 Å². The SMILES string of the molecule is COC(=O)N[C@H](C(=O)Nc1cccc(C[C@@H](CO[Si](c2ccccc2)(c2ccccc2)C(C)(C)C)NC(=O)OC(C)(C)C)c1)C(c1ccccc1)c1ccccc1. The van der Waals surface area contributed by atoms with Gasteiger partial charge in [0.25, 0.3) is 8.32 Å². The Morgan fingerprint density at radius 3 is 1.61 bits per heavy atom. The highest BCUT2D eigenvalue weighted by atomic mass is 28.4. The number of hydrogen-bond acceptors (Lipinski definition) is 6. The summed E-state index contributed by atoms with van der Waals surface area (Å²) in [5, 5.41) is 10.9. The van der Waals surface area contributed by atoms with E-state index < -0.39 is 50.0 Å². The summed E-state index contributed by atoms with van der Waals surface area (Å²) < 4.78 is 17.9.